The average Bonchev–Trinajstić information content (AvgIpc) is 2.64. The lowest BCUT2D eigenvalue weighted by atomic mass is 10.0. The SMILES string of the molecule is COC(=O)C(CCS(=O)(=O)c1ccccc1C)OC1=CC=C(C(F)(F)F)CC1. The van der Waals surface area contributed by atoms with Crippen molar-refractivity contribution in [3.63, 3.8) is 0 Å². The zero-order valence-corrected chi connectivity index (χ0v) is 16.3. The lowest BCUT2D eigenvalue weighted by Gasteiger charge is -2.22. The number of aryl methyl sites for hydroxylation is 1. The molecular weight excluding hydrogens is 397 g/mol. The summed E-state index contributed by atoms with van der Waals surface area (Å²) in [5.41, 5.74) is -0.102. The Morgan fingerprint density at radius 1 is 1.18 bits per heavy atom. The van der Waals surface area contributed by atoms with E-state index in [2.05, 4.69) is 4.74 Å². The third-order valence-electron chi connectivity index (χ3n) is 4.31. The molecule has 1 aliphatic carbocycles. The first-order chi connectivity index (χ1) is 13.0. The number of alkyl halides is 3. The third kappa shape index (κ3) is 5.60. The first-order valence-corrected chi connectivity index (χ1v) is 10.2. The quantitative estimate of drug-likeness (QED) is 0.629. The van der Waals surface area contributed by atoms with E-state index in [9.17, 15) is 26.4 Å². The van der Waals surface area contributed by atoms with Crippen LogP contribution in [0.3, 0.4) is 0 Å². The molecule has 1 unspecified atom stereocenters. The van der Waals surface area contributed by atoms with Crippen LogP contribution in [0.25, 0.3) is 0 Å². The number of methoxy groups -OCH3 is 1. The van der Waals surface area contributed by atoms with Crippen LogP contribution in [-0.4, -0.2) is 39.5 Å². The van der Waals surface area contributed by atoms with Crippen molar-refractivity contribution in [3.05, 3.63) is 53.3 Å². The first kappa shape index (κ1) is 22.0. The largest absolute Gasteiger partial charge is 0.483 e. The highest BCUT2D eigenvalue weighted by molar-refractivity contribution is 7.91. The molecule has 0 saturated heterocycles. The van der Waals surface area contributed by atoms with E-state index in [1.54, 1.807) is 25.1 Å². The molecule has 0 amide bonds. The second kappa shape index (κ2) is 8.81. The molecule has 5 nitrogen and oxygen atoms in total. The van der Waals surface area contributed by atoms with Crippen molar-refractivity contribution in [3.8, 4) is 0 Å². The molecule has 154 valence electrons. The smallest absolute Gasteiger partial charge is 0.412 e. The Balaban J connectivity index is 2.11. The number of esters is 1. The Bertz CT molecular complexity index is 885. The van der Waals surface area contributed by atoms with E-state index in [0.717, 1.165) is 19.3 Å². The van der Waals surface area contributed by atoms with Crippen LogP contribution in [-0.2, 0) is 24.1 Å². The minimum atomic E-state index is -4.41. The second-order valence-corrected chi connectivity index (χ2v) is 8.40. The van der Waals surface area contributed by atoms with Gasteiger partial charge in [-0.3, -0.25) is 0 Å². The van der Waals surface area contributed by atoms with Crippen molar-refractivity contribution in [2.45, 2.75) is 43.4 Å². The van der Waals surface area contributed by atoms with Crippen LogP contribution >= 0.6 is 0 Å². The molecule has 0 aliphatic heterocycles. The van der Waals surface area contributed by atoms with Gasteiger partial charge >= 0.3 is 12.1 Å². The zero-order valence-electron chi connectivity index (χ0n) is 15.5. The Kier molecular flexibility index (Phi) is 6.92. The lowest BCUT2D eigenvalue weighted by molar-refractivity contribution is -0.151. The van der Waals surface area contributed by atoms with E-state index in [4.69, 9.17) is 4.74 Å². The molecule has 0 bridgehead atoms. The van der Waals surface area contributed by atoms with E-state index < -0.39 is 33.7 Å². The summed E-state index contributed by atoms with van der Waals surface area (Å²) in [5.74, 6) is -0.975. The van der Waals surface area contributed by atoms with Gasteiger partial charge in [-0.05, 0) is 31.1 Å². The molecule has 0 aromatic heterocycles. The maximum atomic E-state index is 12.7. The van der Waals surface area contributed by atoms with Crippen molar-refractivity contribution >= 4 is 15.8 Å². The number of benzene rings is 1. The fourth-order valence-electron chi connectivity index (χ4n) is 2.77. The fraction of sp³-hybridized carbons (Fsp3) is 0.421. The normalized spacial score (nSPS) is 16.0. The Morgan fingerprint density at radius 2 is 1.86 bits per heavy atom. The van der Waals surface area contributed by atoms with E-state index in [-0.39, 0.29) is 35.7 Å². The van der Waals surface area contributed by atoms with Crippen molar-refractivity contribution < 1.29 is 35.9 Å². The number of hydrogen-bond acceptors (Lipinski definition) is 5. The molecule has 9 heteroatoms. The van der Waals surface area contributed by atoms with Crippen molar-refractivity contribution in [2.75, 3.05) is 12.9 Å². The van der Waals surface area contributed by atoms with Gasteiger partial charge in [-0.2, -0.15) is 13.2 Å². The predicted molar refractivity (Wildman–Crippen MR) is 96.2 cm³/mol. The van der Waals surface area contributed by atoms with Crippen LogP contribution in [0.2, 0.25) is 0 Å². The maximum absolute atomic E-state index is 12.7. The van der Waals surface area contributed by atoms with Crippen LogP contribution in [0, 0.1) is 6.92 Å². The van der Waals surface area contributed by atoms with Gasteiger partial charge in [-0.25, -0.2) is 13.2 Å². The molecule has 1 aromatic carbocycles. The molecule has 1 aliphatic rings. The Hall–Kier alpha value is -2.29. The van der Waals surface area contributed by atoms with Gasteiger partial charge < -0.3 is 9.47 Å². The average molecular weight is 418 g/mol. The highest BCUT2D eigenvalue weighted by Gasteiger charge is 2.34. The molecule has 0 heterocycles. The number of carbonyl (C=O) groups excluding carboxylic acids is 1. The number of rotatable bonds is 7. The molecule has 1 atom stereocenters. The number of hydrogen-bond donors (Lipinski definition) is 0. The number of carbonyl (C=O) groups is 1. The number of allylic oxidation sites excluding steroid dienone is 4. The number of ether oxygens (including phenoxy) is 2. The van der Waals surface area contributed by atoms with Gasteiger partial charge in [0.25, 0.3) is 0 Å². The second-order valence-electron chi connectivity index (χ2n) is 6.33. The first-order valence-electron chi connectivity index (χ1n) is 8.54. The van der Waals surface area contributed by atoms with E-state index >= 15 is 0 Å². The monoisotopic (exact) mass is 418 g/mol. The van der Waals surface area contributed by atoms with E-state index in [0.29, 0.717) is 5.56 Å². The van der Waals surface area contributed by atoms with Gasteiger partial charge in [0.05, 0.1) is 23.5 Å². The summed E-state index contributed by atoms with van der Waals surface area (Å²) < 4.78 is 73.3. The lowest BCUT2D eigenvalue weighted by Crippen LogP contribution is -2.29. The molecule has 0 radical (unpaired) electrons. The van der Waals surface area contributed by atoms with Gasteiger partial charge in [-0.1, -0.05) is 24.3 Å². The minimum absolute atomic E-state index is 0.0383. The van der Waals surface area contributed by atoms with Gasteiger partial charge in [0.2, 0.25) is 0 Å². The van der Waals surface area contributed by atoms with Crippen LogP contribution < -0.4 is 0 Å². The van der Waals surface area contributed by atoms with Crippen LogP contribution in [0.1, 0.15) is 24.8 Å². The fourth-order valence-corrected chi connectivity index (χ4v) is 4.36. The number of halogens is 3. The Labute approximate surface area is 161 Å². The molecule has 1 aromatic rings. The summed E-state index contributed by atoms with van der Waals surface area (Å²) >= 11 is 0. The number of sulfone groups is 1. The molecule has 28 heavy (non-hydrogen) atoms. The summed E-state index contributed by atoms with van der Waals surface area (Å²) in [6, 6.07) is 6.46. The van der Waals surface area contributed by atoms with Crippen molar-refractivity contribution in [1.29, 1.82) is 0 Å². The molecule has 0 N–H and O–H groups in total. The van der Waals surface area contributed by atoms with E-state index in [1.807, 2.05) is 0 Å². The summed E-state index contributed by atoms with van der Waals surface area (Å²) in [7, 11) is -2.53. The topological polar surface area (TPSA) is 69.7 Å². The molecule has 0 spiro atoms. The Morgan fingerprint density at radius 3 is 2.39 bits per heavy atom. The summed E-state index contributed by atoms with van der Waals surface area (Å²) in [5, 5.41) is 0. The minimum Gasteiger partial charge on any atom is -0.483 e. The predicted octanol–water partition coefficient (Wildman–Crippen LogP) is 3.88. The molecule has 0 saturated carbocycles. The summed E-state index contributed by atoms with van der Waals surface area (Å²) in [6.45, 7) is 1.67. The molecule has 0 fully saturated rings. The highest BCUT2D eigenvalue weighted by atomic mass is 32.2. The van der Waals surface area contributed by atoms with E-state index in [1.165, 1.54) is 6.07 Å². The van der Waals surface area contributed by atoms with Gasteiger partial charge in [-0.15, -0.1) is 0 Å². The summed E-state index contributed by atoms with van der Waals surface area (Å²) in [6.07, 6.45) is -4.08. The van der Waals surface area contributed by atoms with Crippen LogP contribution in [0.5, 0.6) is 0 Å². The van der Waals surface area contributed by atoms with Crippen LogP contribution in [0.4, 0.5) is 13.2 Å². The van der Waals surface area contributed by atoms with Gasteiger partial charge in [0.1, 0.15) is 0 Å². The standard InChI is InChI=1S/C19H21F3O5S/c1-13-5-3-4-6-17(13)28(24,25)12-11-16(18(23)26-2)27-15-9-7-14(8-10-15)19(20,21)22/h3-7,9,16H,8,10-12H2,1-2H3. The van der Waals surface area contributed by atoms with Crippen molar-refractivity contribution in [2.24, 2.45) is 0 Å². The molecular formula is C19H21F3O5S. The molecule has 2 rings (SSSR count). The van der Waals surface area contributed by atoms with Crippen molar-refractivity contribution in [1.82, 2.24) is 0 Å². The summed E-state index contributed by atoms with van der Waals surface area (Å²) in [4.78, 5) is 12.1. The zero-order chi connectivity index (χ0) is 20.9. The van der Waals surface area contributed by atoms with Gasteiger partial charge in [0, 0.05) is 18.4 Å². The van der Waals surface area contributed by atoms with Gasteiger partial charge in [0.15, 0.2) is 15.9 Å². The highest BCUT2D eigenvalue weighted by Crippen LogP contribution is 2.33. The maximum Gasteiger partial charge on any atom is 0.412 e. The van der Waals surface area contributed by atoms with Crippen LogP contribution in [0.15, 0.2) is 52.6 Å². The third-order valence-corrected chi connectivity index (χ3v) is 6.21.